The molecule has 0 fully saturated rings. The van der Waals surface area contributed by atoms with E-state index in [1.165, 1.54) is 6.08 Å². The zero-order chi connectivity index (χ0) is 4.71. The zero-order valence-electron chi connectivity index (χ0n) is 2.85. The van der Waals surface area contributed by atoms with Gasteiger partial charge in [-0.15, -0.1) is 0 Å². The molecule has 0 heterocycles. The fraction of sp³-hybridized carbons (Fsp3) is 0. The van der Waals surface area contributed by atoms with Crippen molar-refractivity contribution < 1.29 is 18.4 Å². The predicted octanol–water partition coefficient (Wildman–Crippen LogP) is 1.30. The van der Waals surface area contributed by atoms with Gasteiger partial charge in [0.25, 0.3) is 0 Å². The number of hydrogen-bond donors (Lipinski definition) is 1. The van der Waals surface area contributed by atoms with Gasteiger partial charge < -0.3 is 0 Å². The van der Waals surface area contributed by atoms with Gasteiger partial charge in [0.15, 0.2) is 0 Å². The van der Waals surface area contributed by atoms with Crippen molar-refractivity contribution in [3.63, 3.8) is 0 Å². The van der Waals surface area contributed by atoms with E-state index in [1.807, 2.05) is 0 Å². The van der Waals surface area contributed by atoms with E-state index in [4.69, 9.17) is 4.06 Å². The minimum absolute atomic E-state index is 1.11. The van der Waals surface area contributed by atoms with Crippen LogP contribution in [-0.4, -0.2) is 0 Å². The summed E-state index contributed by atoms with van der Waals surface area (Å²) in [5.41, 5.74) is 0. The van der Waals surface area contributed by atoms with Crippen LogP contribution in [0.25, 0.3) is 0 Å². The Balaban J connectivity index is 0. The molecule has 0 rings (SSSR count). The molecule has 32 valence electrons. The van der Waals surface area contributed by atoms with Crippen LogP contribution in [0.15, 0.2) is 12.7 Å². The molecule has 0 radical (unpaired) electrons. The van der Waals surface area contributed by atoms with Crippen molar-refractivity contribution in [1.82, 2.24) is 0 Å². The van der Waals surface area contributed by atoms with Crippen LogP contribution < -0.4 is 0 Å². The number of allylic oxidation sites excluding steroid dienone is 1. The second kappa shape index (κ2) is 34.3. The van der Waals surface area contributed by atoms with Crippen LogP contribution in [0.2, 0.25) is 0 Å². The van der Waals surface area contributed by atoms with Crippen molar-refractivity contribution in [3.05, 3.63) is 19.6 Å². The number of hydrogen-bond acceptors (Lipinski definition) is 1. The molecule has 0 bridgehead atoms. The second-order valence-corrected chi connectivity index (χ2v) is 0.289. The van der Waals surface area contributed by atoms with E-state index >= 15 is 0 Å². The van der Waals surface area contributed by atoms with E-state index in [1.54, 1.807) is 0 Å². The Kier molecular flexibility index (Phi) is 61.1. The first kappa shape index (κ1) is 8.90. The Bertz CT molecular complexity index is 20.9. The summed E-state index contributed by atoms with van der Waals surface area (Å²) in [7, 11) is 0. The summed E-state index contributed by atoms with van der Waals surface area (Å²) in [5, 5.41) is 0. The van der Waals surface area contributed by atoms with Crippen molar-refractivity contribution >= 4 is 0 Å². The summed E-state index contributed by atoms with van der Waals surface area (Å²) in [4.78, 5) is 0. The quantitative estimate of drug-likeness (QED) is 0.623. The van der Waals surface area contributed by atoms with E-state index in [0.717, 1.165) is 18.4 Å². The Morgan fingerprint density at radius 2 is 1.80 bits per heavy atom. The molecule has 0 aliphatic carbocycles. The van der Waals surface area contributed by atoms with Gasteiger partial charge in [0.2, 0.25) is 0 Å². The maximum absolute atomic E-state index is 5.78. The van der Waals surface area contributed by atoms with E-state index in [2.05, 4.69) is 13.5 Å². The molecule has 0 aromatic carbocycles. The minimum atomic E-state index is 1.11. The van der Waals surface area contributed by atoms with Gasteiger partial charge >= 0.3 is 22.5 Å². The summed E-state index contributed by atoms with van der Waals surface area (Å²) < 4.78 is 5.78. The summed E-state index contributed by atoms with van der Waals surface area (Å²) in [6.07, 6.45) is 1.50. The van der Waals surface area contributed by atoms with Gasteiger partial charge in [-0.25, -0.2) is 19.6 Å². The van der Waals surface area contributed by atoms with Gasteiger partial charge in [-0.2, -0.15) is 0 Å². The normalized spacial score (nSPS) is 3.40. The Labute approximate surface area is 42.6 Å². The summed E-state index contributed by atoms with van der Waals surface area (Å²) >= 11 is 1.11. The fourth-order valence-electron chi connectivity index (χ4n) is 0. The standard InChI is InChI=1S/C3H5.HN.Os/c1-3-2;;/h3H,1-2H2;1H;/q-1;;. The van der Waals surface area contributed by atoms with Crippen LogP contribution >= 0.6 is 0 Å². The first-order valence-corrected chi connectivity index (χ1v) is 2.26. The van der Waals surface area contributed by atoms with Gasteiger partial charge in [0.1, 0.15) is 0 Å². The summed E-state index contributed by atoms with van der Waals surface area (Å²) in [5.74, 6) is 0. The Hall–Kier alpha value is 0.0464. The van der Waals surface area contributed by atoms with Gasteiger partial charge in [0.05, 0.1) is 0 Å². The molecule has 1 N–H and O–H groups in total. The second-order valence-electron chi connectivity index (χ2n) is 0.289. The van der Waals surface area contributed by atoms with Crippen molar-refractivity contribution in [2.75, 3.05) is 0 Å². The monoisotopic (exact) mass is 248 g/mol. The zero-order valence-corrected chi connectivity index (χ0v) is 5.39. The molecule has 0 aromatic heterocycles. The average Bonchev–Trinajstić information content (AvgIpc) is 1.46. The molecular formula is C3H6NOs-. The number of rotatable bonds is 0. The predicted molar refractivity (Wildman–Crippen MR) is 18.3 cm³/mol. The van der Waals surface area contributed by atoms with Gasteiger partial charge in [0, 0.05) is 0 Å². The molecule has 0 unspecified atom stereocenters. The van der Waals surface area contributed by atoms with Gasteiger partial charge in [-0.1, -0.05) is 0 Å². The topological polar surface area (TPSA) is 23.9 Å². The summed E-state index contributed by atoms with van der Waals surface area (Å²) in [6.45, 7) is 6.50. The first-order valence-electron chi connectivity index (χ1n) is 0.993. The Morgan fingerprint density at radius 3 is 1.80 bits per heavy atom. The molecule has 0 amide bonds. The molecule has 1 nitrogen and oxygen atoms in total. The van der Waals surface area contributed by atoms with Gasteiger partial charge in [-0.3, -0.25) is 0 Å². The van der Waals surface area contributed by atoms with E-state index in [0.29, 0.717) is 0 Å². The molecule has 0 atom stereocenters. The molecule has 5 heavy (non-hydrogen) atoms. The van der Waals surface area contributed by atoms with Crippen LogP contribution in [0.1, 0.15) is 0 Å². The van der Waals surface area contributed by atoms with Crippen LogP contribution in [0.4, 0.5) is 0 Å². The average molecular weight is 246 g/mol. The molecule has 0 spiro atoms. The van der Waals surface area contributed by atoms with Crippen molar-refractivity contribution in [2.45, 2.75) is 0 Å². The third-order valence-corrected chi connectivity index (χ3v) is 0. The first-order chi connectivity index (χ1) is 2.41. The van der Waals surface area contributed by atoms with Gasteiger partial charge in [-0.05, 0) is 0 Å². The fourth-order valence-corrected chi connectivity index (χ4v) is 0. The van der Waals surface area contributed by atoms with Crippen LogP contribution in [0.3, 0.4) is 0 Å². The van der Waals surface area contributed by atoms with Crippen LogP contribution in [-0.2, 0) is 18.4 Å². The van der Waals surface area contributed by atoms with E-state index in [-0.39, 0.29) is 0 Å². The maximum atomic E-state index is 5.78. The molecule has 2 heteroatoms. The van der Waals surface area contributed by atoms with E-state index in [9.17, 15) is 0 Å². The third-order valence-electron chi connectivity index (χ3n) is 0. The Morgan fingerprint density at radius 1 is 1.80 bits per heavy atom. The molecule has 0 aromatic rings. The van der Waals surface area contributed by atoms with E-state index < -0.39 is 0 Å². The molecule has 0 saturated heterocycles. The molecule has 0 saturated carbocycles. The molecule has 0 aliphatic rings. The third kappa shape index (κ3) is 7880. The van der Waals surface area contributed by atoms with Crippen molar-refractivity contribution in [3.8, 4) is 0 Å². The molecule has 0 aliphatic heterocycles. The number of nitrogens with one attached hydrogen (secondary N) is 1. The van der Waals surface area contributed by atoms with Crippen LogP contribution in [0, 0.1) is 11.0 Å². The molecular weight excluding hydrogens is 240 g/mol. The van der Waals surface area contributed by atoms with Crippen molar-refractivity contribution in [1.29, 1.82) is 4.06 Å². The summed E-state index contributed by atoms with van der Waals surface area (Å²) in [6, 6.07) is 0. The SMILES string of the molecule is C=C[CH2-].[NH]=[Os]. The van der Waals surface area contributed by atoms with Crippen LogP contribution in [0.5, 0.6) is 0 Å². The van der Waals surface area contributed by atoms with Crippen molar-refractivity contribution in [2.24, 2.45) is 0 Å².